The maximum absolute atomic E-state index is 13.7. The van der Waals surface area contributed by atoms with Crippen molar-refractivity contribution in [3.8, 4) is 51.7 Å². The number of anilines is 5. The van der Waals surface area contributed by atoms with E-state index in [2.05, 4.69) is 40.8 Å². The SMILES string of the molecule is COC(=O)Oc1ccc(NC(=O)c2cc(NC(=O)c3ccc(OC(=O)OC)cc3)cc(C(C)Nc3ccc(OC(=O)OC)cc3)c2)cc1.O=C(Oc1ccccc1)Oc1ccc(CC(=O)c2cc(NC(=O)c3ccc(OC(=O)Oc4ccccc4)cc3)cc(C(=O)Nc3ccc(OC(=O)Oc4ccccc4)cc3)c2)cc1. The maximum atomic E-state index is 13.7. The first-order chi connectivity index (χ1) is 53.7. The third-order valence-electron chi connectivity index (χ3n) is 15.3. The van der Waals surface area contributed by atoms with Crippen molar-refractivity contribution in [3.63, 3.8) is 0 Å². The Kier molecular flexibility index (Phi) is 27.0. The molecule has 0 aliphatic heterocycles. The Bertz CT molecular complexity index is 5000. The van der Waals surface area contributed by atoms with Crippen molar-refractivity contribution in [1.29, 1.82) is 0 Å². The van der Waals surface area contributed by atoms with E-state index in [1.54, 1.807) is 152 Å². The van der Waals surface area contributed by atoms with Gasteiger partial charge in [-0.1, -0.05) is 66.7 Å². The minimum Gasteiger partial charge on any atom is -0.437 e. The molecule has 1 atom stereocenters. The number of amides is 4. The summed E-state index contributed by atoms with van der Waals surface area (Å²) < 4.78 is 59.5. The fourth-order valence-corrected chi connectivity index (χ4v) is 9.91. The lowest BCUT2D eigenvalue weighted by atomic mass is 9.99. The van der Waals surface area contributed by atoms with Crippen molar-refractivity contribution in [2.24, 2.45) is 0 Å². The van der Waals surface area contributed by atoms with Gasteiger partial charge in [0, 0.05) is 68.7 Å². The van der Waals surface area contributed by atoms with Gasteiger partial charge < -0.3 is 83.4 Å². The van der Waals surface area contributed by atoms with Crippen molar-refractivity contribution in [3.05, 3.63) is 312 Å². The molecule has 0 fully saturated rings. The highest BCUT2D eigenvalue weighted by atomic mass is 16.7. The predicted octanol–water partition coefficient (Wildman–Crippen LogP) is 17.1. The van der Waals surface area contributed by atoms with E-state index in [4.69, 9.17) is 42.6 Å². The highest BCUT2D eigenvalue weighted by molar-refractivity contribution is 6.11. The Balaban J connectivity index is 0.000000245. The minimum atomic E-state index is -0.966. The van der Waals surface area contributed by atoms with Crippen LogP contribution < -0.4 is 69.2 Å². The molecule has 28 nitrogen and oxygen atoms in total. The average Bonchev–Trinajstić information content (AvgIpc) is 0.822. The normalized spacial score (nSPS) is 10.6. The second-order valence-corrected chi connectivity index (χ2v) is 23.2. The number of carbonyl (C=O) groups is 11. The standard InChI is InChI=1S/C49H34N2O12.C34H31N3O11/c52-44(28-32-16-22-41(23-17-32)61-47(55)58-38-10-4-1-5-11-38)34-29-35(46(54)50-36-20-26-43(27-21-36)63-49(57)60-40-14-8-3-9-15-40)31-37(30-34)51-45(53)33-18-24-42(25-19-33)62-48(56)59-39-12-6-2-7-13-39;1-20(35-24-7-13-28(14-8-24)47-33(41)44-3)22-17-23(31(39)36-25-9-15-29(16-10-25)48-34(42)45-4)19-26(18-22)37-30(38)21-5-11-27(12-6-21)46-32(40)43-2/h1-27,29-31H,28H2,(H,50,54)(H,51,53);5-20,35H,1-4H3,(H,36,39)(H,37,38). The lowest BCUT2D eigenvalue weighted by molar-refractivity contribution is 0.0987. The number of hydrogen-bond acceptors (Lipinski definition) is 24. The molecule has 0 radical (unpaired) electrons. The number of methoxy groups -OCH3 is 3. The lowest BCUT2D eigenvalue weighted by Gasteiger charge is -2.19. The number of rotatable bonds is 23. The van der Waals surface area contributed by atoms with Gasteiger partial charge >= 0.3 is 36.9 Å². The van der Waals surface area contributed by atoms with Gasteiger partial charge in [-0.15, -0.1) is 0 Å². The molecular weight excluding hydrogens is 1430 g/mol. The minimum absolute atomic E-state index is 0.0317. The van der Waals surface area contributed by atoms with Crippen LogP contribution >= 0.6 is 0 Å². The Hall–Kier alpha value is -15.6. The fraction of sp³-hybridized carbons (Fsp3) is 0.0723. The molecule has 5 N–H and O–H groups in total. The number of ketones is 1. The van der Waals surface area contributed by atoms with Crippen LogP contribution in [0.15, 0.2) is 273 Å². The summed E-state index contributed by atoms with van der Waals surface area (Å²) in [5.41, 5.74) is 3.90. The highest BCUT2D eigenvalue weighted by Gasteiger charge is 2.21. The molecule has 0 saturated carbocycles. The molecule has 11 rings (SSSR count). The summed E-state index contributed by atoms with van der Waals surface area (Å²) in [6.07, 6.45) is -5.58. The van der Waals surface area contributed by atoms with Crippen molar-refractivity contribution >= 4 is 94.8 Å². The van der Waals surface area contributed by atoms with Crippen molar-refractivity contribution < 1.29 is 110 Å². The second-order valence-electron chi connectivity index (χ2n) is 23.2. The van der Waals surface area contributed by atoms with Gasteiger partial charge in [-0.25, -0.2) is 28.8 Å². The summed E-state index contributed by atoms with van der Waals surface area (Å²) in [4.78, 5) is 138. The number of carbonyl (C=O) groups excluding carboxylic acids is 11. The van der Waals surface area contributed by atoms with Gasteiger partial charge in [0.1, 0.15) is 51.7 Å². The van der Waals surface area contributed by atoms with E-state index in [1.807, 2.05) is 6.92 Å². The van der Waals surface area contributed by atoms with E-state index in [0.717, 1.165) is 0 Å². The Morgan fingerprint density at radius 2 is 0.532 bits per heavy atom. The van der Waals surface area contributed by atoms with Crippen LogP contribution in [0.3, 0.4) is 0 Å². The lowest BCUT2D eigenvalue weighted by Crippen LogP contribution is -2.17. The average molecular weight is 1500 g/mol. The zero-order chi connectivity index (χ0) is 78.6. The van der Waals surface area contributed by atoms with Crippen LogP contribution in [0.5, 0.6) is 51.7 Å². The zero-order valence-electron chi connectivity index (χ0n) is 59.2. The van der Waals surface area contributed by atoms with Crippen LogP contribution in [0, 0.1) is 0 Å². The van der Waals surface area contributed by atoms with Crippen LogP contribution in [-0.4, -0.2) is 87.7 Å². The molecule has 1 unspecified atom stereocenters. The summed E-state index contributed by atoms with van der Waals surface area (Å²) in [5.74, 6) is -0.481. The number of ether oxygens (including phenoxy) is 12. The molecule has 0 aliphatic rings. The molecule has 28 heteroatoms. The van der Waals surface area contributed by atoms with E-state index in [-0.39, 0.29) is 74.7 Å². The number of benzene rings is 11. The van der Waals surface area contributed by atoms with Crippen LogP contribution in [-0.2, 0) is 20.6 Å². The van der Waals surface area contributed by atoms with Crippen LogP contribution in [0.25, 0.3) is 0 Å². The maximum Gasteiger partial charge on any atom is 0.519 e. The molecule has 111 heavy (non-hydrogen) atoms. The van der Waals surface area contributed by atoms with E-state index in [1.165, 1.54) is 143 Å². The van der Waals surface area contributed by atoms with E-state index in [0.29, 0.717) is 56.9 Å². The molecule has 11 aromatic rings. The summed E-state index contributed by atoms with van der Waals surface area (Å²) in [6.45, 7) is 1.86. The summed E-state index contributed by atoms with van der Waals surface area (Å²) in [6, 6.07) is 70.2. The monoisotopic (exact) mass is 1500 g/mol. The Labute approximate surface area is 632 Å². The molecule has 11 aromatic carbocycles. The first-order valence-electron chi connectivity index (χ1n) is 33.2. The third-order valence-corrected chi connectivity index (χ3v) is 15.3. The van der Waals surface area contributed by atoms with Gasteiger partial charge in [0.2, 0.25) is 0 Å². The summed E-state index contributed by atoms with van der Waals surface area (Å²) in [7, 11) is 3.58. The first-order valence-corrected chi connectivity index (χ1v) is 33.2. The van der Waals surface area contributed by atoms with Gasteiger partial charge in [0.25, 0.3) is 23.6 Å². The first kappa shape index (κ1) is 78.0. The van der Waals surface area contributed by atoms with Crippen molar-refractivity contribution in [2.45, 2.75) is 19.4 Å². The predicted molar refractivity (Wildman–Crippen MR) is 402 cm³/mol. The zero-order valence-corrected chi connectivity index (χ0v) is 59.2. The van der Waals surface area contributed by atoms with Crippen LogP contribution in [0.1, 0.15) is 75.9 Å². The van der Waals surface area contributed by atoms with E-state index in [9.17, 15) is 52.7 Å². The molecule has 560 valence electrons. The Morgan fingerprint density at radius 3 is 0.883 bits per heavy atom. The summed E-state index contributed by atoms with van der Waals surface area (Å²) >= 11 is 0. The van der Waals surface area contributed by atoms with Gasteiger partial charge in [-0.05, 0) is 224 Å². The highest BCUT2D eigenvalue weighted by Crippen LogP contribution is 2.30. The van der Waals surface area contributed by atoms with Crippen LogP contribution in [0.2, 0.25) is 0 Å². The van der Waals surface area contributed by atoms with Gasteiger partial charge in [-0.3, -0.25) is 24.0 Å². The topological polar surface area (TPSA) is 359 Å². The van der Waals surface area contributed by atoms with Crippen molar-refractivity contribution in [2.75, 3.05) is 47.9 Å². The molecule has 4 amide bonds. The number of nitrogens with one attached hydrogen (secondary N) is 5. The van der Waals surface area contributed by atoms with Crippen LogP contribution in [0.4, 0.5) is 57.2 Å². The van der Waals surface area contributed by atoms with E-state index < -0.39 is 66.3 Å². The number of hydrogen-bond donors (Lipinski definition) is 5. The summed E-state index contributed by atoms with van der Waals surface area (Å²) in [5, 5.41) is 14.4. The number of Topliss-reactive ketones (excluding diaryl/α,β-unsaturated/α-hetero) is 1. The van der Waals surface area contributed by atoms with Crippen molar-refractivity contribution in [1.82, 2.24) is 0 Å². The molecule has 0 saturated heterocycles. The third kappa shape index (κ3) is 24.2. The molecule has 0 aromatic heterocycles. The number of para-hydroxylation sites is 3. The van der Waals surface area contributed by atoms with Gasteiger partial charge in [0.15, 0.2) is 5.78 Å². The smallest absolute Gasteiger partial charge is 0.437 e. The molecule has 0 bridgehead atoms. The molecule has 0 aliphatic carbocycles. The molecular formula is C83H65N5O23. The van der Waals surface area contributed by atoms with E-state index >= 15 is 0 Å². The largest absolute Gasteiger partial charge is 0.519 e. The molecule has 0 heterocycles. The molecule has 0 spiro atoms. The quantitative estimate of drug-likeness (QED) is 0.0172. The fourth-order valence-electron chi connectivity index (χ4n) is 9.91. The van der Waals surface area contributed by atoms with Gasteiger partial charge in [-0.2, -0.15) is 0 Å². The second kappa shape index (κ2) is 38.4. The Morgan fingerprint density at radius 1 is 0.261 bits per heavy atom. The van der Waals surface area contributed by atoms with Gasteiger partial charge in [0.05, 0.1) is 21.3 Å².